The quantitative estimate of drug-likeness (QED) is 0.337. The van der Waals surface area contributed by atoms with Crippen LogP contribution in [0.15, 0.2) is 84.2 Å². The van der Waals surface area contributed by atoms with Gasteiger partial charge in [-0.2, -0.15) is 5.10 Å². The summed E-state index contributed by atoms with van der Waals surface area (Å²) in [7, 11) is 0. The molecule has 0 fully saturated rings. The van der Waals surface area contributed by atoms with Crippen molar-refractivity contribution in [3.8, 4) is 5.69 Å². The van der Waals surface area contributed by atoms with E-state index in [1.54, 1.807) is 55.5 Å². The van der Waals surface area contributed by atoms with Gasteiger partial charge in [0.1, 0.15) is 6.33 Å². The van der Waals surface area contributed by atoms with E-state index < -0.39 is 11.8 Å². The Balaban J connectivity index is 1.50. The lowest BCUT2D eigenvalue weighted by molar-refractivity contribution is 0.0955. The number of amides is 2. The Morgan fingerprint density at radius 3 is 2.45 bits per heavy atom. The number of nitrogens with zero attached hydrogens (tertiary/aromatic N) is 5. The number of carbonyl (C=O) groups is 2. The predicted octanol–water partition coefficient (Wildman–Crippen LogP) is 3.72. The van der Waals surface area contributed by atoms with E-state index in [0.29, 0.717) is 22.0 Å². The molecule has 0 radical (unpaired) electrons. The summed E-state index contributed by atoms with van der Waals surface area (Å²) < 4.78 is 1.52. The fourth-order valence-corrected chi connectivity index (χ4v) is 3.26. The summed E-state index contributed by atoms with van der Waals surface area (Å²) in [5, 5.41) is 18.4. The number of carbonyl (C=O) groups excluding carboxylic acids is 2. The second-order valence-electron chi connectivity index (χ2n) is 6.92. The molecule has 4 aromatic rings. The number of rotatable bonds is 6. The van der Waals surface area contributed by atoms with Gasteiger partial charge in [-0.25, -0.2) is 10.1 Å². The van der Waals surface area contributed by atoms with Crippen molar-refractivity contribution < 1.29 is 9.59 Å². The number of para-hydroxylation sites is 1. The van der Waals surface area contributed by atoms with E-state index >= 15 is 0 Å². The Bertz CT molecular complexity index is 1340. The molecule has 1 heterocycles. The van der Waals surface area contributed by atoms with Crippen LogP contribution in [0.3, 0.4) is 0 Å². The van der Waals surface area contributed by atoms with Crippen LogP contribution in [0.1, 0.15) is 33.2 Å². The molecule has 10 heteroatoms. The van der Waals surface area contributed by atoms with Gasteiger partial charge >= 0.3 is 0 Å². The first kappa shape index (κ1) is 21.8. The smallest absolute Gasteiger partial charge is 0.273 e. The van der Waals surface area contributed by atoms with Crippen molar-refractivity contribution in [2.45, 2.75) is 6.92 Å². The maximum absolute atomic E-state index is 12.8. The Morgan fingerprint density at radius 2 is 1.70 bits per heavy atom. The Hall–Kier alpha value is -4.37. The minimum absolute atomic E-state index is 0.261. The molecule has 0 atom stereocenters. The number of halogens is 1. The molecular weight excluding hydrogens is 442 g/mol. The molecule has 0 saturated carbocycles. The molecule has 0 spiro atoms. The van der Waals surface area contributed by atoms with Gasteiger partial charge in [0.25, 0.3) is 11.8 Å². The average Bonchev–Trinajstić information content (AvgIpc) is 3.38. The lowest BCUT2D eigenvalue weighted by Crippen LogP contribution is -2.22. The maximum Gasteiger partial charge on any atom is 0.273 e. The zero-order valence-electron chi connectivity index (χ0n) is 17.4. The fourth-order valence-electron chi connectivity index (χ4n) is 3.04. The first-order valence-electron chi connectivity index (χ1n) is 9.86. The summed E-state index contributed by atoms with van der Waals surface area (Å²) in [5.74, 6) is -0.888. The number of aromatic nitrogens is 4. The molecule has 33 heavy (non-hydrogen) atoms. The third-order valence-electron chi connectivity index (χ3n) is 4.74. The van der Waals surface area contributed by atoms with Crippen molar-refractivity contribution in [2.24, 2.45) is 5.10 Å². The van der Waals surface area contributed by atoms with E-state index in [0.717, 1.165) is 11.3 Å². The van der Waals surface area contributed by atoms with Gasteiger partial charge in [0.05, 0.1) is 33.2 Å². The topological polar surface area (TPSA) is 114 Å². The Morgan fingerprint density at radius 1 is 0.939 bits per heavy atom. The first-order valence-corrected chi connectivity index (χ1v) is 10.2. The van der Waals surface area contributed by atoms with E-state index in [1.165, 1.54) is 11.0 Å². The molecule has 4 rings (SSSR count). The minimum atomic E-state index is -0.471. The standard InChI is InChI=1S/C23H18ClN7O2/c1-15(16-7-6-8-17(13-16)31-14-25-29-30-31)27-28-23(33)19-10-3-5-12-21(19)26-22(32)18-9-2-4-11-20(18)24/h2-14H,1H3,(H,26,32)(H,28,33)/b27-15+. The molecule has 164 valence electrons. The highest BCUT2D eigenvalue weighted by atomic mass is 35.5. The minimum Gasteiger partial charge on any atom is -0.321 e. The van der Waals surface area contributed by atoms with Gasteiger partial charge in [0, 0.05) is 0 Å². The van der Waals surface area contributed by atoms with E-state index in [9.17, 15) is 9.59 Å². The SMILES string of the molecule is C/C(=N\NC(=O)c1ccccc1NC(=O)c1ccccc1Cl)c1cccc(-n2cnnn2)c1. The highest BCUT2D eigenvalue weighted by Crippen LogP contribution is 2.20. The van der Waals surface area contributed by atoms with Crippen LogP contribution in [0, 0.1) is 0 Å². The van der Waals surface area contributed by atoms with Gasteiger partial charge in [-0.1, -0.05) is 48.0 Å². The molecule has 2 N–H and O–H groups in total. The number of anilines is 1. The summed E-state index contributed by atoms with van der Waals surface area (Å²) in [4.78, 5) is 25.4. The molecular formula is C23H18ClN7O2. The van der Waals surface area contributed by atoms with Crippen molar-refractivity contribution in [3.05, 3.63) is 101 Å². The monoisotopic (exact) mass is 459 g/mol. The lowest BCUT2D eigenvalue weighted by atomic mass is 10.1. The molecule has 0 saturated heterocycles. The zero-order valence-corrected chi connectivity index (χ0v) is 18.2. The highest BCUT2D eigenvalue weighted by molar-refractivity contribution is 6.34. The lowest BCUT2D eigenvalue weighted by Gasteiger charge is -2.11. The van der Waals surface area contributed by atoms with Crippen LogP contribution < -0.4 is 10.7 Å². The number of tetrazole rings is 1. The average molecular weight is 460 g/mol. The molecule has 3 aromatic carbocycles. The van der Waals surface area contributed by atoms with Crippen molar-refractivity contribution in [1.29, 1.82) is 0 Å². The van der Waals surface area contributed by atoms with Gasteiger partial charge in [-0.05, 0) is 59.3 Å². The van der Waals surface area contributed by atoms with Crippen LogP contribution in [0.2, 0.25) is 5.02 Å². The summed E-state index contributed by atoms with van der Waals surface area (Å²) in [5.41, 5.74) is 5.57. The van der Waals surface area contributed by atoms with Gasteiger partial charge in [-0.3, -0.25) is 9.59 Å². The molecule has 0 bridgehead atoms. The number of hydrazone groups is 1. The molecule has 9 nitrogen and oxygen atoms in total. The number of nitrogens with one attached hydrogen (secondary N) is 2. The van der Waals surface area contributed by atoms with E-state index in [-0.39, 0.29) is 5.56 Å². The summed E-state index contributed by atoms with van der Waals surface area (Å²) in [6.07, 6.45) is 1.49. The normalized spacial score (nSPS) is 11.2. The van der Waals surface area contributed by atoms with Crippen LogP contribution in [0.25, 0.3) is 5.69 Å². The molecule has 1 aromatic heterocycles. The second-order valence-corrected chi connectivity index (χ2v) is 7.33. The van der Waals surface area contributed by atoms with Crippen LogP contribution in [0.4, 0.5) is 5.69 Å². The third-order valence-corrected chi connectivity index (χ3v) is 5.07. The van der Waals surface area contributed by atoms with Gasteiger partial charge in [0.15, 0.2) is 0 Å². The van der Waals surface area contributed by atoms with Crippen LogP contribution in [-0.4, -0.2) is 37.7 Å². The van der Waals surface area contributed by atoms with E-state index in [4.69, 9.17) is 11.6 Å². The van der Waals surface area contributed by atoms with Crippen molar-refractivity contribution in [2.75, 3.05) is 5.32 Å². The fraction of sp³-hybridized carbons (Fsp3) is 0.0435. The number of benzene rings is 3. The van der Waals surface area contributed by atoms with Crippen LogP contribution >= 0.6 is 11.6 Å². The Labute approximate surface area is 194 Å². The van der Waals surface area contributed by atoms with Crippen molar-refractivity contribution >= 4 is 34.8 Å². The highest BCUT2D eigenvalue weighted by Gasteiger charge is 2.15. The van der Waals surface area contributed by atoms with Crippen molar-refractivity contribution in [3.63, 3.8) is 0 Å². The Kier molecular flexibility index (Phi) is 6.51. The largest absolute Gasteiger partial charge is 0.321 e. The number of hydrogen-bond donors (Lipinski definition) is 2. The van der Waals surface area contributed by atoms with Crippen LogP contribution in [0.5, 0.6) is 0 Å². The van der Waals surface area contributed by atoms with Gasteiger partial charge < -0.3 is 5.32 Å². The summed E-state index contributed by atoms with van der Waals surface area (Å²) in [6.45, 7) is 1.77. The molecule has 2 amide bonds. The van der Waals surface area contributed by atoms with Gasteiger partial charge in [-0.15, -0.1) is 5.10 Å². The van der Waals surface area contributed by atoms with Crippen LogP contribution in [-0.2, 0) is 0 Å². The molecule has 0 aliphatic carbocycles. The van der Waals surface area contributed by atoms with Crippen molar-refractivity contribution in [1.82, 2.24) is 25.6 Å². The molecule has 0 aliphatic rings. The maximum atomic E-state index is 12.8. The first-order chi connectivity index (χ1) is 16.0. The number of hydrogen-bond acceptors (Lipinski definition) is 6. The predicted molar refractivity (Wildman–Crippen MR) is 125 cm³/mol. The van der Waals surface area contributed by atoms with E-state index in [1.807, 2.05) is 24.3 Å². The molecule has 0 aliphatic heterocycles. The van der Waals surface area contributed by atoms with Gasteiger partial charge in [0.2, 0.25) is 0 Å². The summed E-state index contributed by atoms with van der Waals surface area (Å²) >= 11 is 6.10. The van der Waals surface area contributed by atoms with E-state index in [2.05, 4.69) is 31.4 Å². The second kappa shape index (κ2) is 9.84. The summed E-state index contributed by atoms with van der Waals surface area (Å²) in [6, 6.07) is 20.7. The zero-order chi connectivity index (χ0) is 23.2. The molecule has 0 unspecified atom stereocenters. The third kappa shape index (κ3) is 5.10.